The summed E-state index contributed by atoms with van der Waals surface area (Å²) in [5.41, 5.74) is 0.784. The molecule has 0 radical (unpaired) electrons. The highest BCUT2D eigenvalue weighted by atomic mass is 79.9. The number of nitrogens with one attached hydrogen (secondary N) is 1. The number of thioether (sulfide) groups is 1. The molecule has 5 heteroatoms. The summed E-state index contributed by atoms with van der Waals surface area (Å²) in [4.78, 5) is 24.3. The number of rotatable bonds is 1. The molecule has 0 saturated carbocycles. The van der Waals surface area contributed by atoms with E-state index < -0.39 is 0 Å². The molecular weight excluding hydrogens is 338 g/mol. The van der Waals surface area contributed by atoms with Crippen LogP contribution in [0.4, 0.5) is 0 Å². The Morgan fingerprint density at radius 3 is 2.80 bits per heavy atom. The summed E-state index contributed by atoms with van der Waals surface area (Å²) in [5.74, 6) is 1.51. The van der Waals surface area contributed by atoms with Crippen LogP contribution < -0.4 is 5.32 Å². The number of piperidine rings is 1. The Morgan fingerprint density at radius 1 is 1.30 bits per heavy atom. The van der Waals surface area contributed by atoms with E-state index in [1.807, 2.05) is 36.0 Å². The first kappa shape index (κ1) is 14.1. The van der Waals surface area contributed by atoms with E-state index in [4.69, 9.17) is 0 Å². The van der Waals surface area contributed by atoms with E-state index in [2.05, 4.69) is 21.2 Å². The molecule has 3 nitrogen and oxygen atoms in total. The highest BCUT2D eigenvalue weighted by Crippen LogP contribution is 2.51. The molecule has 1 aromatic rings. The van der Waals surface area contributed by atoms with Gasteiger partial charge in [-0.3, -0.25) is 14.9 Å². The number of hydrogen-bond acceptors (Lipinski definition) is 3. The predicted molar refractivity (Wildman–Crippen MR) is 83.6 cm³/mol. The summed E-state index contributed by atoms with van der Waals surface area (Å²) in [7, 11) is 0. The lowest BCUT2D eigenvalue weighted by Gasteiger charge is -2.45. The number of halogens is 1. The summed E-state index contributed by atoms with van der Waals surface area (Å²) in [6.07, 6.45) is 2.48. The van der Waals surface area contributed by atoms with Crippen LogP contribution in [-0.2, 0) is 9.59 Å². The second kappa shape index (κ2) is 5.53. The van der Waals surface area contributed by atoms with Crippen LogP contribution in [0.3, 0.4) is 0 Å². The van der Waals surface area contributed by atoms with Gasteiger partial charge in [-0.25, -0.2) is 0 Å². The van der Waals surface area contributed by atoms with Crippen molar-refractivity contribution in [2.75, 3.05) is 11.5 Å². The molecule has 2 atom stereocenters. The molecule has 0 aromatic heterocycles. The zero-order chi connectivity index (χ0) is 14.2. The number of carbonyl (C=O) groups excluding carboxylic acids is 2. The Morgan fingerprint density at radius 2 is 2.10 bits per heavy atom. The summed E-state index contributed by atoms with van der Waals surface area (Å²) >= 11 is 5.41. The number of imide groups is 1. The van der Waals surface area contributed by atoms with E-state index >= 15 is 0 Å². The fourth-order valence-corrected chi connectivity index (χ4v) is 5.20. The highest BCUT2D eigenvalue weighted by molar-refractivity contribution is 9.10. The van der Waals surface area contributed by atoms with Gasteiger partial charge in [0.15, 0.2) is 0 Å². The van der Waals surface area contributed by atoms with Crippen molar-refractivity contribution in [3.8, 4) is 0 Å². The Bertz CT molecular complexity index is 555. The number of carbonyl (C=O) groups is 2. The SMILES string of the molecule is O=C1CC2(CCCSC2)C(c2ccccc2Br)C(=O)N1. The molecule has 1 spiro atoms. The fraction of sp³-hybridized carbons (Fsp3) is 0.467. The van der Waals surface area contributed by atoms with Gasteiger partial charge in [-0.15, -0.1) is 0 Å². The third-order valence-electron chi connectivity index (χ3n) is 4.22. The summed E-state index contributed by atoms with van der Waals surface area (Å²) in [6, 6.07) is 7.85. The Hall–Kier alpha value is -0.810. The molecule has 2 unspecified atom stereocenters. The molecule has 20 heavy (non-hydrogen) atoms. The minimum absolute atomic E-state index is 0.124. The van der Waals surface area contributed by atoms with Gasteiger partial charge in [0.05, 0.1) is 5.92 Å². The topological polar surface area (TPSA) is 46.2 Å². The molecule has 1 N–H and O–H groups in total. The van der Waals surface area contributed by atoms with Crippen LogP contribution in [0.1, 0.15) is 30.7 Å². The normalized spacial score (nSPS) is 30.4. The van der Waals surface area contributed by atoms with Crippen molar-refractivity contribution in [3.05, 3.63) is 34.3 Å². The van der Waals surface area contributed by atoms with E-state index in [1.54, 1.807) is 0 Å². The second-order valence-corrected chi connectivity index (χ2v) is 7.52. The van der Waals surface area contributed by atoms with Crippen LogP contribution in [0.25, 0.3) is 0 Å². The third kappa shape index (κ3) is 2.42. The first-order chi connectivity index (χ1) is 9.62. The van der Waals surface area contributed by atoms with Crippen molar-refractivity contribution in [2.45, 2.75) is 25.2 Å². The first-order valence-electron chi connectivity index (χ1n) is 6.78. The van der Waals surface area contributed by atoms with Crippen molar-refractivity contribution in [3.63, 3.8) is 0 Å². The van der Waals surface area contributed by atoms with Crippen LogP contribution >= 0.6 is 27.7 Å². The van der Waals surface area contributed by atoms with Gasteiger partial charge < -0.3 is 0 Å². The zero-order valence-electron chi connectivity index (χ0n) is 11.0. The molecule has 106 valence electrons. The van der Waals surface area contributed by atoms with Crippen molar-refractivity contribution in [1.29, 1.82) is 0 Å². The average molecular weight is 354 g/mol. The molecule has 0 bridgehead atoms. The molecule has 2 aliphatic heterocycles. The van der Waals surface area contributed by atoms with Crippen LogP contribution in [0.2, 0.25) is 0 Å². The van der Waals surface area contributed by atoms with Gasteiger partial charge in [-0.05, 0) is 30.2 Å². The summed E-state index contributed by atoms with van der Waals surface area (Å²) in [6.45, 7) is 0. The zero-order valence-corrected chi connectivity index (χ0v) is 13.4. The van der Waals surface area contributed by atoms with Gasteiger partial charge in [0.1, 0.15) is 0 Å². The second-order valence-electron chi connectivity index (χ2n) is 5.56. The molecule has 3 rings (SSSR count). The molecule has 1 aromatic carbocycles. The van der Waals surface area contributed by atoms with Gasteiger partial charge >= 0.3 is 0 Å². The maximum Gasteiger partial charge on any atom is 0.234 e. The maximum absolute atomic E-state index is 12.5. The van der Waals surface area contributed by atoms with Crippen molar-refractivity contribution < 1.29 is 9.59 Å². The van der Waals surface area contributed by atoms with Crippen molar-refractivity contribution >= 4 is 39.5 Å². The monoisotopic (exact) mass is 353 g/mol. The molecule has 0 aliphatic carbocycles. The lowest BCUT2D eigenvalue weighted by molar-refractivity contribution is -0.139. The Kier molecular flexibility index (Phi) is 3.91. The Labute approximate surface area is 131 Å². The lowest BCUT2D eigenvalue weighted by Crippen LogP contribution is -2.52. The first-order valence-corrected chi connectivity index (χ1v) is 8.73. The molecule has 2 heterocycles. The molecular formula is C15H16BrNO2S. The minimum Gasteiger partial charge on any atom is -0.296 e. The quantitative estimate of drug-likeness (QED) is 0.789. The molecule has 2 amide bonds. The van der Waals surface area contributed by atoms with E-state index in [0.717, 1.165) is 34.4 Å². The minimum atomic E-state index is -0.233. The van der Waals surface area contributed by atoms with Crippen molar-refractivity contribution in [2.24, 2.45) is 5.41 Å². The number of amides is 2. The van der Waals surface area contributed by atoms with Gasteiger partial charge in [0.25, 0.3) is 0 Å². The summed E-state index contributed by atoms with van der Waals surface area (Å²) in [5, 5.41) is 2.52. The molecule has 2 aliphatic rings. The highest BCUT2D eigenvalue weighted by Gasteiger charge is 2.50. The van der Waals surface area contributed by atoms with Gasteiger partial charge in [-0.2, -0.15) is 11.8 Å². The lowest BCUT2D eigenvalue weighted by atomic mass is 9.66. The van der Waals surface area contributed by atoms with Crippen LogP contribution in [-0.4, -0.2) is 23.3 Å². The summed E-state index contributed by atoms with van der Waals surface area (Å²) < 4.78 is 0.949. The van der Waals surface area contributed by atoms with Gasteiger partial charge in [0, 0.05) is 22.1 Å². The van der Waals surface area contributed by atoms with Crippen LogP contribution in [0.5, 0.6) is 0 Å². The Balaban J connectivity index is 2.06. The molecule has 2 fully saturated rings. The van der Waals surface area contributed by atoms with Crippen molar-refractivity contribution in [1.82, 2.24) is 5.32 Å². The van der Waals surface area contributed by atoms with Gasteiger partial charge in [-0.1, -0.05) is 34.1 Å². The number of hydrogen-bond donors (Lipinski definition) is 1. The van der Waals surface area contributed by atoms with E-state index in [-0.39, 0.29) is 23.1 Å². The fourth-order valence-electron chi connectivity index (χ4n) is 3.37. The van der Waals surface area contributed by atoms with E-state index in [1.165, 1.54) is 0 Å². The van der Waals surface area contributed by atoms with Crippen LogP contribution in [0.15, 0.2) is 28.7 Å². The largest absolute Gasteiger partial charge is 0.296 e. The molecule has 2 saturated heterocycles. The standard InChI is InChI=1S/C15H16BrNO2S/c16-11-5-2-1-4-10(11)13-14(19)17-12(18)8-15(13)6-3-7-20-9-15/h1-2,4-5,13H,3,6-9H2,(H,17,18,19). The average Bonchev–Trinajstić information content (AvgIpc) is 2.41. The van der Waals surface area contributed by atoms with Crippen LogP contribution in [0, 0.1) is 5.41 Å². The third-order valence-corrected chi connectivity index (χ3v) is 6.30. The van der Waals surface area contributed by atoms with Gasteiger partial charge in [0.2, 0.25) is 11.8 Å². The van der Waals surface area contributed by atoms with E-state index in [0.29, 0.717) is 6.42 Å². The maximum atomic E-state index is 12.5. The predicted octanol–water partition coefficient (Wildman–Crippen LogP) is 3.09. The van der Waals surface area contributed by atoms with E-state index in [9.17, 15) is 9.59 Å². The number of benzene rings is 1. The smallest absolute Gasteiger partial charge is 0.234 e.